The van der Waals surface area contributed by atoms with Gasteiger partial charge in [-0.25, -0.2) is 4.98 Å². The van der Waals surface area contributed by atoms with E-state index >= 15 is 0 Å². The van der Waals surface area contributed by atoms with Crippen LogP contribution in [0.25, 0.3) is 17.3 Å². The van der Waals surface area contributed by atoms with E-state index in [9.17, 15) is 4.79 Å². The number of hydrogen-bond donors (Lipinski definition) is 1. The fourth-order valence-electron chi connectivity index (χ4n) is 3.22. The van der Waals surface area contributed by atoms with Crippen molar-refractivity contribution < 1.29 is 9.53 Å². The van der Waals surface area contributed by atoms with E-state index in [1.54, 1.807) is 6.08 Å². The fraction of sp³-hybridized carbons (Fsp3) is 0.143. The smallest absolute Gasteiger partial charge is 0.250 e. The SMILES string of the molecule is CCc1ccc(-c2csc(NC(=O)/C=C/c3ccc(OCc4ccc(C)cc4)cc3)n2)cc1. The Labute approximate surface area is 198 Å². The molecular weight excluding hydrogens is 428 g/mol. The van der Waals surface area contributed by atoms with Gasteiger partial charge in [-0.3, -0.25) is 10.1 Å². The molecule has 0 saturated carbocycles. The highest BCUT2D eigenvalue weighted by Gasteiger charge is 2.06. The molecule has 5 heteroatoms. The number of thiazole rings is 1. The Morgan fingerprint density at radius 3 is 2.36 bits per heavy atom. The molecule has 0 fully saturated rings. The molecule has 4 aromatic rings. The normalized spacial score (nSPS) is 11.0. The van der Waals surface area contributed by atoms with Crippen LogP contribution in [-0.2, 0) is 17.8 Å². The molecule has 1 N–H and O–H groups in total. The summed E-state index contributed by atoms with van der Waals surface area (Å²) >= 11 is 1.42. The average Bonchev–Trinajstić information content (AvgIpc) is 3.31. The van der Waals surface area contributed by atoms with Crippen molar-refractivity contribution in [1.29, 1.82) is 0 Å². The topological polar surface area (TPSA) is 51.2 Å². The summed E-state index contributed by atoms with van der Waals surface area (Å²) in [5.74, 6) is 0.580. The molecule has 1 heterocycles. The lowest BCUT2D eigenvalue weighted by molar-refractivity contribution is -0.111. The first-order valence-corrected chi connectivity index (χ1v) is 11.8. The first-order chi connectivity index (χ1) is 16.1. The van der Waals surface area contributed by atoms with Gasteiger partial charge in [0.15, 0.2) is 5.13 Å². The number of hydrogen-bond acceptors (Lipinski definition) is 4. The highest BCUT2D eigenvalue weighted by Crippen LogP contribution is 2.25. The van der Waals surface area contributed by atoms with Crippen molar-refractivity contribution in [1.82, 2.24) is 4.98 Å². The van der Waals surface area contributed by atoms with Crippen LogP contribution in [0.2, 0.25) is 0 Å². The number of nitrogens with one attached hydrogen (secondary N) is 1. The van der Waals surface area contributed by atoms with Gasteiger partial charge >= 0.3 is 0 Å². The predicted molar refractivity (Wildman–Crippen MR) is 137 cm³/mol. The third-order valence-corrected chi connectivity index (χ3v) is 5.98. The Bertz CT molecular complexity index is 1220. The number of anilines is 1. The van der Waals surface area contributed by atoms with Gasteiger partial charge in [-0.15, -0.1) is 11.3 Å². The van der Waals surface area contributed by atoms with Crippen molar-refractivity contribution in [3.05, 3.63) is 107 Å². The summed E-state index contributed by atoms with van der Waals surface area (Å²) in [4.78, 5) is 16.8. The van der Waals surface area contributed by atoms with E-state index in [0.29, 0.717) is 11.7 Å². The van der Waals surface area contributed by atoms with Gasteiger partial charge in [0.2, 0.25) is 5.91 Å². The van der Waals surface area contributed by atoms with Crippen LogP contribution < -0.4 is 10.1 Å². The molecule has 1 amide bonds. The van der Waals surface area contributed by atoms with E-state index in [1.807, 2.05) is 29.6 Å². The third kappa shape index (κ3) is 6.40. The largest absolute Gasteiger partial charge is 0.489 e. The molecule has 4 rings (SSSR count). The van der Waals surface area contributed by atoms with E-state index in [1.165, 1.54) is 28.5 Å². The summed E-state index contributed by atoms with van der Waals surface area (Å²) in [5.41, 5.74) is 6.48. The van der Waals surface area contributed by atoms with Crippen molar-refractivity contribution in [2.45, 2.75) is 26.9 Å². The number of ether oxygens (including phenoxy) is 1. The maximum atomic E-state index is 12.3. The monoisotopic (exact) mass is 454 g/mol. The second kappa shape index (κ2) is 10.7. The number of rotatable bonds is 8. The molecule has 0 saturated heterocycles. The molecule has 33 heavy (non-hydrogen) atoms. The van der Waals surface area contributed by atoms with E-state index < -0.39 is 0 Å². The number of benzene rings is 3. The number of carbonyl (C=O) groups excluding carboxylic acids is 1. The highest BCUT2D eigenvalue weighted by molar-refractivity contribution is 7.14. The average molecular weight is 455 g/mol. The number of aromatic nitrogens is 1. The van der Waals surface area contributed by atoms with Gasteiger partial charge in [0.05, 0.1) is 5.69 Å². The first-order valence-electron chi connectivity index (χ1n) is 10.9. The number of carbonyl (C=O) groups is 1. The zero-order valence-electron chi connectivity index (χ0n) is 18.7. The Kier molecular flexibility index (Phi) is 7.33. The van der Waals surface area contributed by atoms with Crippen molar-refractivity contribution in [3.8, 4) is 17.0 Å². The molecule has 0 aliphatic heterocycles. The first kappa shape index (κ1) is 22.5. The molecule has 166 valence electrons. The van der Waals surface area contributed by atoms with Gasteiger partial charge in [0.1, 0.15) is 12.4 Å². The van der Waals surface area contributed by atoms with Gasteiger partial charge in [-0.2, -0.15) is 0 Å². The molecule has 0 aliphatic rings. The molecule has 0 unspecified atom stereocenters. The fourth-order valence-corrected chi connectivity index (χ4v) is 3.94. The molecule has 0 radical (unpaired) electrons. The third-order valence-electron chi connectivity index (χ3n) is 5.23. The summed E-state index contributed by atoms with van der Waals surface area (Å²) in [7, 11) is 0. The second-order valence-electron chi connectivity index (χ2n) is 7.75. The van der Waals surface area contributed by atoms with Crippen LogP contribution in [0.3, 0.4) is 0 Å². The molecule has 3 aromatic carbocycles. The quantitative estimate of drug-likeness (QED) is 0.294. The van der Waals surface area contributed by atoms with Crippen molar-refractivity contribution in [3.63, 3.8) is 0 Å². The molecule has 0 aliphatic carbocycles. The summed E-state index contributed by atoms with van der Waals surface area (Å²) in [6.45, 7) is 4.72. The molecule has 4 nitrogen and oxygen atoms in total. The van der Waals surface area contributed by atoms with Crippen LogP contribution in [0.15, 0.2) is 84.3 Å². The van der Waals surface area contributed by atoms with Crippen LogP contribution in [0.1, 0.15) is 29.2 Å². The number of amides is 1. The maximum absolute atomic E-state index is 12.3. The molecule has 0 bridgehead atoms. The van der Waals surface area contributed by atoms with Crippen molar-refractivity contribution >= 4 is 28.5 Å². The predicted octanol–water partition coefficient (Wildman–Crippen LogP) is 6.91. The zero-order chi connectivity index (χ0) is 23.0. The van der Waals surface area contributed by atoms with E-state index in [0.717, 1.165) is 34.6 Å². The Morgan fingerprint density at radius 2 is 1.67 bits per heavy atom. The summed E-state index contributed by atoms with van der Waals surface area (Å²) in [5, 5.41) is 5.37. The molecule has 0 spiro atoms. The van der Waals surface area contributed by atoms with Crippen LogP contribution in [-0.4, -0.2) is 10.9 Å². The zero-order valence-corrected chi connectivity index (χ0v) is 19.6. The Hall–Kier alpha value is -3.70. The Morgan fingerprint density at radius 1 is 0.970 bits per heavy atom. The lowest BCUT2D eigenvalue weighted by Gasteiger charge is -2.07. The van der Waals surface area contributed by atoms with Gasteiger partial charge in [-0.1, -0.05) is 73.2 Å². The van der Waals surface area contributed by atoms with Gasteiger partial charge in [0, 0.05) is 17.0 Å². The van der Waals surface area contributed by atoms with Gasteiger partial charge < -0.3 is 4.74 Å². The highest BCUT2D eigenvalue weighted by atomic mass is 32.1. The van der Waals surface area contributed by atoms with Crippen LogP contribution in [0.5, 0.6) is 5.75 Å². The summed E-state index contributed by atoms with van der Waals surface area (Å²) < 4.78 is 5.83. The van der Waals surface area contributed by atoms with Crippen LogP contribution in [0.4, 0.5) is 5.13 Å². The van der Waals surface area contributed by atoms with Gasteiger partial charge in [-0.05, 0) is 48.2 Å². The van der Waals surface area contributed by atoms with Crippen LogP contribution in [0, 0.1) is 6.92 Å². The molecular formula is C28H26N2O2S. The minimum atomic E-state index is -0.211. The number of nitrogens with zero attached hydrogens (tertiary/aromatic N) is 1. The molecule has 0 atom stereocenters. The van der Waals surface area contributed by atoms with E-state index in [4.69, 9.17) is 4.74 Å². The lowest BCUT2D eigenvalue weighted by Crippen LogP contribution is -2.07. The minimum absolute atomic E-state index is 0.211. The second-order valence-corrected chi connectivity index (χ2v) is 8.61. The minimum Gasteiger partial charge on any atom is -0.489 e. The number of aryl methyl sites for hydroxylation is 2. The summed E-state index contributed by atoms with van der Waals surface area (Å²) in [6, 6.07) is 24.3. The lowest BCUT2D eigenvalue weighted by atomic mass is 10.1. The molecule has 1 aromatic heterocycles. The van der Waals surface area contributed by atoms with Crippen molar-refractivity contribution in [2.24, 2.45) is 0 Å². The van der Waals surface area contributed by atoms with E-state index in [-0.39, 0.29) is 5.91 Å². The van der Waals surface area contributed by atoms with Gasteiger partial charge in [0.25, 0.3) is 0 Å². The standard InChI is InChI=1S/C28H26N2O2S/c1-3-21-8-13-24(14-9-21)26-19-33-28(29-26)30-27(31)17-12-22-10-15-25(16-11-22)32-18-23-6-4-20(2)5-7-23/h4-17,19H,3,18H2,1-2H3,(H,29,30,31)/b17-12+. The van der Waals surface area contributed by atoms with E-state index in [2.05, 4.69) is 72.7 Å². The Balaban J connectivity index is 1.29. The maximum Gasteiger partial charge on any atom is 0.250 e. The van der Waals surface area contributed by atoms with Crippen molar-refractivity contribution in [2.75, 3.05) is 5.32 Å². The summed E-state index contributed by atoms with van der Waals surface area (Å²) in [6.07, 6.45) is 4.30. The van der Waals surface area contributed by atoms with Crippen LogP contribution >= 0.6 is 11.3 Å².